The van der Waals surface area contributed by atoms with E-state index in [1.54, 1.807) is 6.20 Å². The van der Waals surface area contributed by atoms with E-state index in [9.17, 15) is 13.2 Å². The lowest BCUT2D eigenvalue weighted by Gasteiger charge is -2.36. The van der Waals surface area contributed by atoms with Crippen molar-refractivity contribution >= 4 is 41.4 Å². The molecule has 3 N–H and O–H groups in total. The van der Waals surface area contributed by atoms with Crippen molar-refractivity contribution in [1.29, 1.82) is 0 Å². The number of pyridine rings is 1. The van der Waals surface area contributed by atoms with Crippen molar-refractivity contribution < 1.29 is 22.6 Å². The van der Waals surface area contributed by atoms with Crippen molar-refractivity contribution in [2.75, 3.05) is 23.3 Å². The van der Waals surface area contributed by atoms with Gasteiger partial charge < -0.3 is 25.4 Å². The molecule has 2 heterocycles. The van der Waals surface area contributed by atoms with E-state index in [-0.39, 0.29) is 47.9 Å². The van der Waals surface area contributed by atoms with Gasteiger partial charge in [0.1, 0.15) is 11.6 Å². The Balaban J connectivity index is 0.00000341. The first kappa shape index (κ1) is 25.0. The molecule has 0 spiro atoms. The van der Waals surface area contributed by atoms with Crippen molar-refractivity contribution in [3.05, 3.63) is 48.2 Å². The number of hydrogen-bond donors (Lipinski definition) is 2. The number of aliphatic imine (C=N–C) groups is 1. The third-order valence-corrected chi connectivity index (χ3v) is 4.35. The van der Waals surface area contributed by atoms with Crippen molar-refractivity contribution in [1.82, 2.24) is 4.98 Å². The standard InChI is InChI=1S/C20H24F3N5O2.HI/c1-13-11-28(12-14(2)29-13)18-8-3-15(9-25-18)10-26-19(24)27-16-4-6-17(7-5-16)30-20(21,22)23;/h3-9,13-14H,10-12H2,1-2H3,(H3,24,26,27);1H. The van der Waals surface area contributed by atoms with Crippen LogP contribution in [0.1, 0.15) is 19.4 Å². The highest BCUT2D eigenvalue weighted by Crippen LogP contribution is 2.24. The predicted molar refractivity (Wildman–Crippen MR) is 124 cm³/mol. The summed E-state index contributed by atoms with van der Waals surface area (Å²) in [6, 6.07) is 9.11. The van der Waals surface area contributed by atoms with Gasteiger partial charge in [0.15, 0.2) is 5.96 Å². The summed E-state index contributed by atoms with van der Waals surface area (Å²) in [5.41, 5.74) is 7.23. The number of alkyl halides is 3. The molecule has 7 nitrogen and oxygen atoms in total. The summed E-state index contributed by atoms with van der Waals surface area (Å²) in [4.78, 5) is 10.9. The largest absolute Gasteiger partial charge is 0.573 e. The third kappa shape index (κ3) is 8.05. The second-order valence-corrected chi connectivity index (χ2v) is 7.09. The first-order chi connectivity index (χ1) is 14.2. The maximum absolute atomic E-state index is 12.2. The lowest BCUT2D eigenvalue weighted by molar-refractivity contribution is -0.274. The molecule has 0 radical (unpaired) electrons. The van der Waals surface area contributed by atoms with E-state index >= 15 is 0 Å². The SMILES string of the molecule is CC1CN(c2ccc(CN=C(N)Nc3ccc(OC(F)(F)F)cc3)cn2)CC(C)O1.I. The van der Waals surface area contributed by atoms with Crippen LogP contribution in [0.15, 0.2) is 47.6 Å². The minimum Gasteiger partial charge on any atom is -0.406 e. The topological polar surface area (TPSA) is 85.0 Å². The Hall–Kier alpha value is -2.28. The number of morpholine rings is 1. The van der Waals surface area contributed by atoms with Crippen LogP contribution in [0.3, 0.4) is 0 Å². The molecule has 170 valence electrons. The smallest absolute Gasteiger partial charge is 0.406 e. The maximum Gasteiger partial charge on any atom is 0.573 e. The second kappa shape index (κ2) is 10.8. The number of guanidine groups is 1. The van der Waals surface area contributed by atoms with Gasteiger partial charge in [-0.1, -0.05) is 6.07 Å². The Kier molecular flexibility index (Phi) is 8.74. The summed E-state index contributed by atoms with van der Waals surface area (Å²) in [6.45, 7) is 5.98. The molecule has 1 aromatic carbocycles. The van der Waals surface area contributed by atoms with Crippen molar-refractivity contribution in [2.24, 2.45) is 10.7 Å². The molecule has 1 aromatic heterocycles. The molecule has 31 heavy (non-hydrogen) atoms. The summed E-state index contributed by atoms with van der Waals surface area (Å²) in [5.74, 6) is 0.718. The van der Waals surface area contributed by atoms with Gasteiger partial charge in [-0.25, -0.2) is 9.98 Å². The monoisotopic (exact) mass is 551 g/mol. The van der Waals surface area contributed by atoms with Crippen LogP contribution in [0.25, 0.3) is 0 Å². The molecule has 0 bridgehead atoms. The number of benzene rings is 1. The minimum atomic E-state index is -4.72. The Morgan fingerprint density at radius 3 is 2.39 bits per heavy atom. The summed E-state index contributed by atoms with van der Waals surface area (Å²) in [6.07, 6.45) is -2.67. The molecule has 2 aromatic rings. The number of nitrogens with zero attached hydrogens (tertiary/aromatic N) is 3. The Morgan fingerprint density at radius 1 is 1.19 bits per heavy atom. The number of anilines is 2. The number of rotatable bonds is 5. The Bertz CT molecular complexity index is 853. The van der Waals surface area contributed by atoms with E-state index < -0.39 is 6.36 Å². The van der Waals surface area contributed by atoms with E-state index in [1.807, 2.05) is 26.0 Å². The molecule has 0 amide bonds. The molecule has 0 aliphatic carbocycles. The van der Waals surface area contributed by atoms with Gasteiger partial charge in [0.25, 0.3) is 0 Å². The van der Waals surface area contributed by atoms with Crippen LogP contribution < -0.4 is 20.7 Å². The van der Waals surface area contributed by atoms with Crippen LogP contribution in [0.4, 0.5) is 24.7 Å². The fourth-order valence-electron chi connectivity index (χ4n) is 3.17. The molecule has 1 saturated heterocycles. The average Bonchev–Trinajstić information content (AvgIpc) is 2.66. The van der Waals surface area contributed by atoms with Gasteiger partial charge >= 0.3 is 6.36 Å². The van der Waals surface area contributed by atoms with Crippen LogP contribution in [0.2, 0.25) is 0 Å². The molecular weight excluding hydrogens is 526 g/mol. The summed E-state index contributed by atoms with van der Waals surface area (Å²) < 4.78 is 46.1. The van der Waals surface area contributed by atoms with Crippen LogP contribution in [-0.2, 0) is 11.3 Å². The molecule has 2 unspecified atom stereocenters. The van der Waals surface area contributed by atoms with Gasteiger partial charge in [0, 0.05) is 25.0 Å². The van der Waals surface area contributed by atoms with Gasteiger partial charge in [0.2, 0.25) is 0 Å². The molecule has 11 heteroatoms. The molecule has 3 rings (SSSR count). The quantitative estimate of drug-likeness (QED) is 0.330. The van der Waals surface area contributed by atoms with E-state index in [0.29, 0.717) is 12.2 Å². The van der Waals surface area contributed by atoms with Gasteiger partial charge in [-0.15, -0.1) is 37.1 Å². The van der Waals surface area contributed by atoms with Crippen molar-refractivity contribution in [2.45, 2.75) is 39.0 Å². The molecule has 1 fully saturated rings. The molecular formula is C20H25F3IN5O2. The number of hydrogen-bond acceptors (Lipinski definition) is 5. The lowest BCUT2D eigenvalue weighted by Crippen LogP contribution is -2.45. The summed E-state index contributed by atoms with van der Waals surface area (Å²) in [7, 11) is 0. The third-order valence-electron chi connectivity index (χ3n) is 4.35. The van der Waals surface area contributed by atoms with Gasteiger partial charge in [0.05, 0.1) is 18.8 Å². The zero-order chi connectivity index (χ0) is 21.7. The number of halogens is 4. The van der Waals surface area contributed by atoms with Crippen molar-refractivity contribution in [3.63, 3.8) is 0 Å². The zero-order valence-corrected chi connectivity index (χ0v) is 19.4. The van der Waals surface area contributed by atoms with Crippen LogP contribution in [-0.4, -0.2) is 42.6 Å². The Labute approximate surface area is 195 Å². The first-order valence-electron chi connectivity index (χ1n) is 9.46. The van der Waals surface area contributed by atoms with Gasteiger partial charge in [-0.2, -0.15) is 0 Å². The summed E-state index contributed by atoms with van der Waals surface area (Å²) >= 11 is 0. The normalized spacial score (nSPS) is 19.5. The highest BCUT2D eigenvalue weighted by molar-refractivity contribution is 14.0. The molecule has 1 aliphatic rings. The number of nitrogens with two attached hydrogens (primary N) is 1. The van der Waals surface area contributed by atoms with Gasteiger partial charge in [-0.05, 0) is 49.7 Å². The highest BCUT2D eigenvalue weighted by Gasteiger charge is 2.31. The van der Waals surface area contributed by atoms with E-state index in [2.05, 4.69) is 24.9 Å². The highest BCUT2D eigenvalue weighted by atomic mass is 127. The Morgan fingerprint density at radius 2 is 1.84 bits per heavy atom. The van der Waals surface area contributed by atoms with Crippen LogP contribution in [0, 0.1) is 0 Å². The number of aromatic nitrogens is 1. The second-order valence-electron chi connectivity index (χ2n) is 7.09. The van der Waals surface area contributed by atoms with E-state index in [1.165, 1.54) is 24.3 Å². The average molecular weight is 551 g/mol. The predicted octanol–water partition coefficient (Wildman–Crippen LogP) is 4.14. The molecule has 1 aliphatic heterocycles. The fraction of sp³-hybridized carbons (Fsp3) is 0.400. The van der Waals surface area contributed by atoms with Gasteiger partial charge in [-0.3, -0.25) is 0 Å². The lowest BCUT2D eigenvalue weighted by atomic mass is 10.2. The van der Waals surface area contributed by atoms with Crippen LogP contribution in [0.5, 0.6) is 5.75 Å². The number of nitrogens with one attached hydrogen (secondary N) is 1. The molecule has 0 saturated carbocycles. The van der Waals surface area contributed by atoms with E-state index in [4.69, 9.17) is 10.5 Å². The van der Waals surface area contributed by atoms with E-state index in [0.717, 1.165) is 24.5 Å². The molecule has 2 atom stereocenters. The minimum absolute atomic E-state index is 0. The zero-order valence-electron chi connectivity index (χ0n) is 17.1. The van der Waals surface area contributed by atoms with Crippen LogP contribution >= 0.6 is 24.0 Å². The fourth-order valence-corrected chi connectivity index (χ4v) is 3.17. The number of ether oxygens (including phenoxy) is 2. The van der Waals surface area contributed by atoms with Crippen molar-refractivity contribution in [3.8, 4) is 5.75 Å². The maximum atomic E-state index is 12.2. The first-order valence-corrected chi connectivity index (χ1v) is 9.46. The summed E-state index contributed by atoms with van der Waals surface area (Å²) in [5, 5.41) is 2.82.